The molecule has 130 valence electrons. The van der Waals surface area contributed by atoms with Crippen LogP contribution in [0.4, 0.5) is 0 Å². The molecule has 4 aromatic rings. The molecule has 0 saturated heterocycles. The van der Waals surface area contributed by atoms with Gasteiger partial charge in [-0.25, -0.2) is 9.59 Å². The van der Waals surface area contributed by atoms with Gasteiger partial charge >= 0.3 is 11.7 Å². The Morgan fingerprint density at radius 3 is 2.69 bits per heavy atom. The lowest BCUT2D eigenvalue weighted by molar-refractivity contribution is -0.131. The van der Waals surface area contributed by atoms with Gasteiger partial charge in [0, 0.05) is 22.4 Å². The first-order chi connectivity index (χ1) is 12.6. The predicted molar refractivity (Wildman–Crippen MR) is 105 cm³/mol. The SMILES string of the molecule is Cc1cccc2scc(Cn3c(=O)n(C=CC(=O)O)c4ccccc43)c12. The molecule has 0 bridgehead atoms. The van der Waals surface area contributed by atoms with Crippen molar-refractivity contribution in [2.24, 2.45) is 0 Å². The lowest BCUT2D eigenvalue weighted by atomic mass is 10.1. The van der Waals surface area contributed by atoms with Crippen LogP contribution in [0.2, 0.25) is 0 Å². The highest BCUT2D eigenvalue weighted by Gasteiger charge is 2.14. The highest BCUT2D eigenvalue weighted by Crippen LogP contribution is 2.29. The van der Waals surface area contributed by atoms with Crippen LogP contribution in [0.15, 0.2) is 58.7 Å². The van der Waals surface area contributed by atoms with Crippen molar-refractivity contribution in [1.29, 1.82) is 0 Å². The van der Waals surface area contributed by atoms with E-state index in [0.29, 0.717) is 12.1 Å². The standard InChI is InChI=1S/C20H16N2O3S/c1-13-5-4-8-17-19(13)14(12-26-17)11-22-16-7-3-2-6-15(16)21(20(22)25)10-9-18(23)24/h2-10,12H,11H2,1H3,(H,23,24). The summed E-state index contributed by atoms with van der Waals surface area (Å²) in [5.74, 6) is -1.09. The molecule has 0 aliphatic rings. The summed E-state index contributed by atoms with van der Waals surface area (Å²) in [7, 11) is 0. The molecule has 6 heteroatoms. The van der Waals surface area contributed by atoms with Crippen LogP contribution in [0.25, 0.3) is 27.3 Å². The summed E-state index contributed by atoms with van der Waals surface area (Å²) in [6.45, 7) is 2.51. The number of carbonyl (C=O) groups is 1. The second-order valence-corrected chi connectivity index (χ2v) is 7.00. The molecule has 4 rings (SSSR count). The van der Waals surface area contributed by atoms with Crippen LogP contribution in [-0.4, -0.2) is 20.2 Å². The van der Waals surface area contributed by atoms with Crippen molar-refractivity contribution in [2.45, 2.75) is 13.5 Å². The van der Waals surface area contributed by atoms with Gasteiger partial charge in [-0.1, -0.05) is 24.3 Å². The second-order valence-electron chi connectivity index (χ2n) is 6.09. The third-order valence-corrected chi connectivity index (χ3v) is 5.44. The third-order valence-electron chi connectivity index (χ3n) is 4.45. The number of aryl methyl sites for hydroxylation is 1. The Labute approximate surface area is 153 Å². The van der Waals surface area contributed by atoms with E-state index >= 15 is 0 Å². The van der Waals surface area contributed by atoms with E-state index in [9.17, 15) is 9.59 Å². The summed E-state index contributed by atoms with van der Waals surface area (Å²) in [5.41, 5.74) is 3.49. The molecule has 2 heterocycles. The fourth-order valence-electron chi connectivity index (χ4n) is 3.30. The number of aliphatic carboxylic acids is 1. The Morgan fingerprint density at radius 1 is 1.15 bits per heavy atom. The van der Waals surface area contributed by atoms with Crippen LogP contribution in [0, 0.1) is 6.92 Å². The molecular weight excluding hydrogens is 348 g/mol. The molecule has 1 N–H and O–H groups in total. The smallest absolute Gasteiger partial charge is 0.333 e. The van der Waals surface area contributed by atoms with Crippen LogP contribution in [0.5, 0.6) is 0 Å². The number of hydrogen-bond donors (Lipinski definition) is 1. The summed E-state index contributed by atoms with van der Waals surface area (Å²) in [4.78, 5) is 23.8. The van der Waals surface area contributed by atoms with Crippen molar-refractivity contribution in [1.82, 2.24) is 9.13 Å². The number of thiophene rings is 1. The van der Waals surface area contributed by atoms with E-state index in [1.807, 2.05) is 30.3 Å². The maximum atomic E-state index is 12.9. The zero-order valence-corrected chi connectivity index (χ0v) is 14.9. The first kappa shape index (κ1) is 16.4. The minimum atomic E-state index is -1.09. The van der Waals surface area contributed by atoms with Gasteiger partial charge in [-0.05, 0) is 41.6 Å². The minimum Gasteiger partial charge on any atom is -0.478 e. The van der Waals surface area contributed by atoms with Crippen molar-refractivity contribution in [3.8, 4) is 0 Å². The Bertz CT molecular complexity index is 1230. The average Bonchev–Trinajstić information content (AvgIpc) is 3.15. The van der Waals surface area contributed by atoms with Crippen molar-refractivity contribution >= 4 is 44.6 Å². The molecule has 0 spiro atoms. The highest BCUT2D eigenvalue weighted by molar-refractivity contribution is 7.17. The molecule has 2 aromatic heterocycles. The summed E-state index contributed by atoms with van der Waals surface area (Å²) < 4.78 is 4.27. The topological polar surface area (TPSA) is 64.2 Å². The Balaban J connectivity index is 1.90. The molecule has 0 amide bonds. The van der Waals surface area contributed by atoms with Crippen molar-refractivity contribution < 1.29 is 9.90 Å². The molecule has 5 nitrogen and oxygen atoms in total. The lowest BCUT2D eigenvalue weighted by Gasteiger charge is -2.04. The number of para-hydroxylation sites is 2. The van der Waals surface area contributed by atoms with E-state index in [4.69, 9.17) is 5.11 Å². The largest absolute Gasteiger partial charge is 0.478 e. The summed E-state index contributed by atoms with van der Waals surface area (Å²) in [6.07, 6.45) is 2.28. The lowest BCUT2D eigenvalue weighted by Crippen LogP contribution is -2.22. The fraction of sp³-hybridized carbons (Fsp3) is 0.100. The average molecular weight is 364 g/mol. The number of fused-ring (bicyclic) bond motifs is 2. The van der Waals surface area contributed by atoms with Gasteiger partial charge in [0.15, 0.2) is 0 Å². The molecule has 0 aliphatic heterocycles. The van der Waals surface area contributed by atoms with E-state index in [1.54, 1.807) is 15.9 Å². The monoisotopic (exact) mass is 364 g/mol. The third kappa shape index (κ3) is 2.64. The van der Waals surface area contributed by atoms with Crippen LogP contribution >= 0.6 is 11.3 Å². The number of aromatic nitrogens is 2. The summed E-state index contributed by atoms with van der Waals surface area (Å²) >= 11 is 1.67. The number of imidazole rings is 1. The number of benzene rings is 2. The predicted octanol–water partition coefficient (Wildman–Crippen LogP) is 3.93. The summed E-state index contributed by atoms with van der Waals surface area (Å²) in [6, 6.07) is 13.6. The Hall–Kier alpha value is -3.12. The molecule has 0 atom stereocenters. The molecule has 26 heavy (non-hydrogen) atoms. The van der Waals surface area contributed by atoms with Gasteiger partial charge in [-0.15, -0.1) is 11.3 Å². The van der Waals surface area contributed by atoms with Gasteiger partial charge in [0.2, 0.25) is 0 Å². The van der Waals surface area contributed by atoms with E-state index in [2.05, 4.69) is 24.4 Å². The van der Waals surface area contributed by atoms with Gasteiger partial charge in [-0.2, -0.15) is 0 Å². The van der Waals surface area contributed by atoms with Crippen LogP contribution in [0.1, 0.15) is 11.1 Å². The van der Waals surface area contributed by atoms with Crippen molar-refractivity contribution in [3.05, 3.63) is 75.5 Å². The number of hydrogen-bond acceptors (Lipinski definition) is 3. The van der Waals surface area contributed by atoms with Crippen LogP contribution in [-0.2, 0) is 11.3 Å². The number of nitrogens with zero attached hydrogens (tertiary/aromatic N) is 2. The maximum absolute atomic E-state index is 12.9. The Kier molecular flexibility index (Phi) is 3.97. The number of carboxylic acid groups (broad SMARTS) is 1. The zero-order valence-electron chi connectivity index (χ0n) is 14.0. The molecule has 0 aliphatic carbocycles. The van der Waals surface area contributed by atoms with Gasteiger partial charge in [0.25, 0.3) is 0 Å². The molecule has 0 saturated carbocycles. The highest BCUT2D eigenvalue weighted by atomic mass is 32.1. The molecule has 0 fully saturated rings. The molecular formula is C20H16N2O3S. The zero-order chi connectivity index (χ0) is 18.3. The van der Waals surface area contributed by atoms with Crippen molar-refractivity contribution in [2.75, 3.05) is 0 Å². The van der Waals surface area contributed by atoms with Gasteiger partial charge in [-0.3, -0.25) is 9.13 Å². The van der Waals surface area contributed by atoms with E-state index in [0.717, 1.165) is 17.2 Å². The van der Waals surface area contributed by atoms with Crippen molar-refractivity contribution in [3.63, 3.8) is 0 Å². The molecule has 0 radical (unpaired) electrons. The quantitative estimate of drug-likeness (QED) is 0.558. The number of carboxylic acids is 1. The van der Waals surface area contributed by atoms with E-state index < -0.39 is 5.97 Å². The minimum absolute atomic E-state index is 0.253. The van der Waals surface area contributed by atoms with E-state index in [-0.39, 0.29) is 5.69 Å². The molecule has 0 unspecified atom stereocenters. The first-order valence-electron chi connectivity index (χ1n) is 8.13. The number of rotatable bonds is 4. The van der Waals surface area contributed by atoms with E-state index in [1.165, 1.54) is 26.4 Å². The first-order valence-corrected chi connectivity index (χ1v) is 9.01. The van der Waals surface area contributed by atoms with Gasteiger partial charge < -0.3 is 5.11 Å². The van der Waals surface area contributed by atoms with Gasteiger partial charge in [0.1, 0.15) is 0 Å². The van der Waals surface area contributed by atoms with Crippen LogP contribution < -0.4 is 5.69 Å². The van der Waals surface area contributed by atoms with Gasteiger partial charge in [0.05, 0.1) is 17.6 Å². The normalized spacial score (nSPS) is 11.7. The summed E-state index contributed by atoms with van der Waals surface area (Å²) in [5, 5.41) is 12.2. The van der Waals surface area contributed by atoms with Crippen LogP contribution in [0.3, 0.4) is 0 Å². The Morgan fingerprint density at radius 2 is 1.92 bits per heavy atom. The molecule has 2 aromatic carbocycles. The second kappa shape index (κ2) is 6.31. The maximum Gasteiger partial charge on any atom is 0.333 e. The fourth-order valence-corrected chi connectivity index (χ4v) is 4.33.